The largest absolute Gasteiger partial charge is 0.383 e. The molecule has 7 nitrogen and oxygen atoms in total. The van der Waals surface area contributed by atoms with Crippen LogP contribution in [0.3, 0.4) is 0 Å². The highest BCUT2D eigenvalue weighted by Crippen LogP contribution is 2.34. The van der Waals surface area contributed by atoms with Crippen LogP contribution in [0.2, 0.25) is 0 Å². The predicted molar refractivity (Wildman–Crippen MR) is 85.3 cm³/mol. The lowest BCUT2D eigenvalue weighted by Crippen LogP contribution is -2.43. The third-order valence-electron chi connectivity index (χ3n) is 4.56. The normalized spacial score (nSPS) is 26.9. The Morgan fingerprint density at radius 1 is 1.48 bits per heavy atom. The molecule has 2 aliphatic heterocycles. The number of ether oxygens (including phenoxy) is 2. The second kappa shape index (κ2) is 7.23. The van der Waals surface area contributed by atoms with Crippen LogP contribution in [0.1, 0.15) is 18.5 Å². The average Bonchev–Trinajstić information content (AvgIpc) is 2.99. The summed E-state index contributed by atoms with van der Waals surface area (Å²) in [6, 6.07) is 3.96. The van der Waals surface area contributed by atoms with Crippen LogP contribution >= 0.6 is 0 Å². The molecule has 0 aliphatic carbocycles. The van der Waals surface area contributed by atoms with Crippen molar-refractivity contribution in [3.05, 3.63) is 17.8 Å². The number of hydrogen-bond donors (Lipinski definition) is 1. The molecule has 2 fully saturated rings. The van der Waals surface area contributed by atoms with Gasteiger partial charge in [-0.3, -0.25) is 4.79 Å². The number of carbonyl (C=O) groups is 1. The van der Waals surface area contributed by atoms with Gasteiger partial charge >= 0.3 is 0 Å². The zero-order valence-electron chi connectivity index (χ0n) is 13.7. The van der Waals surface area contributed by atoms with Gasteiger partial charge in [0.2, 0.25) is 5.91 Å². The maximum atomic E-state index is 12.1. The molecule has 7 heteroatoms. The number of carbonyl (C=O) groups excluding carboxylic acids is 1. The lowest BCUT2D eigenvalue weighted by molar-refractivity contribution is -0.132. The molecule has 0 radical (unpaired) electrons. The van der Waals surface area contributed by atoms with E-state index in [0.717, 1.165) is 37.4 Å². The lowest BCUT2D eigenvalue weighted by Gasteiger charge is -2.34. The number of methoxy groups -OCH3 is 1. The van der Waals surface area contributed by atoms with Crippen molar-refractivity contribution in [3.63, 3.8) is 0 Å². The van der Waals surface area contributed by atoms with Gasteiger partial charge in [0, 0.05) is 26.7 Å². The molecule has 1 amide bonds. The number of fused-ring (bicyclic) bond motifs is 1. The summed E-state index contributed by atoms with van der Waals surface area (Å²) in [5.41, 5.74) is 0.911. The molecule has 2 aliphatic rings. The molecule has 3 rings (SSSR count). The van der Waals surface area contributed by atoms with Gasteiger partial charge in [0.05, 0.1) is 18.4 Å². The molecule has 1 aromatic heterocycles. The van der Waals surface area contributed by atoms with Crippen molar-refractivity contribution in [3.8, 4) is 0 Å². The summed E-state index contributed by atoms with van der Waals surface area (Å²) in [6.07, 6.45) is 1.56. The zero-order valence-corrected chi connectivity index (χ0v) is 13.7. The SMILES string of the molecule is COCCNC(=O)[C@@H]1C[C@H]2CCN(c3ccc(C)nn3)C[C@@H]2O1. The van der Waals surface area contributed by atoms with E-state index in [4.69, 9.17) is 9.47 Å². The molecule has 1 aromatic rings. The fourth-order valence-electron chi connectivity index (χ4n) is 3.26. The van der Waals surface area contributed by atoms with Crippen molar-refractivity contribution in [2.75, 3.05) is 38.3 Å². The highest BCUT2D eigenvalue weighted by molar-refractivity contribution is 5.81. The summed E-state index contributed by atoms with van der Waals surface area (Å²) >= 11 is 0. The topological polar surface area (TPSA) is 76.6 Å². The first-order valence-electron chi connectivity index (χ1n) is 8.14. The van der Waals surface area contributed by atoms with E-state index < -0.39 is 0 Å². The number of amides is 1. The Kier molecular flexibility index (Phi) is 5.07. The molecule has 126 valence electrons. The van der Waals surface area contributed by atoms with Gasteiger partial charge in [-0.25, -0.2) is 0 Å². The van der Waals surface area contributed by atoms with Crippen LogP contribution in [0.15, 0.2) is 12.1 Å². The fraction of sp³-hybridized carbons (Fsp3) is 0.688. The summed E-state index contributed by atoms with van der Waals surface area (Å²) in [5.74, 6) is 1.30. The molecule has 3 atom stereocenters. The third kappa shape index (κ3) is 3.79. The number of nitrogens with zero attached hydrogens (tertiary/aromatic N) is 3. The molecule has 0 aromatic carbocycles. The smallest absolute Gasteiger partial charge is 0.249 e. The van der Waals surface area contributed by atoms with Gasteiger partial charge < -0.3 is 19.7 Å². The Labute approximate surface area is 136 Å². The summed E-state index contributed by atoms with van der Waals surface area (Å²) in [5, 5.41) is 11.2. The van der Waals surface area contributed by atoms with Gasteiger partial charge in [-0.1, -0.05) is 0 Å². The van der Waals surface area contributed by atoms with E-state index in [-0.39, 0.29) is 18.1 Å². The molecule has 0 bridgehead atoms. The summed E-state index contributed by atoms with van der Waals surface area (Å²) in [4.78, 5) is 14.3. The summed E-state index contributed by atoms with van der Waals surface area (Å²) < 4.78 is 10.9. The van der Waals surface area contributed by atoms with E-state index in [1.807, 2.05) is 19.1 Å². The van der Waals surface area contributed by atoms with E-state index in [0.29, 0.717) is 19.1 Å². The standard InChI is InChI=1S/C16H24N4O3/c1-11-3-4-15(19-18-11)20-7-5-12-9-13(23-14(12)10-20)16(21)17-6-8-22-2/h3-4,12-14H,5-10H2,1-2H3,(H,17,21)/t12-,13+,14+/m1/s1. The third-order valence-corrected chi connectivity index (χ3v) is 4.56. The first kappa shape index (κ1) is 16.1. The molecule has 0 saturated carbocycles. The number of aromatic nitrogens is 2. The second-order valence-electron chi connectivity index (χ2n) is 6.21. The van der Waals surface area contributed by atoms with Crippen molar-refractivity contribution in [1.29, 1.82) is 0 Å². The molecule has 23 heavy (non-hydrogen) atoms. The molecular weight excluding hydrogens is 296 g/mol. The van der Waals surface area contributed by atoms with Gasteiger partial charge in [-0.15, -0.1) is 5.10 Å². The minimum atomic E-state index is -0.342. The average molecular weight is 320 g/mol. The number of hydrogen-bond acceptors (Lipinski definition) is 6. The van der Waals surface area contributed by atoms with Crippen molar-refractivity contribution in [2.45, 2.75) is 32.0 Å². The van der Waals surface area contributed by atoms with Gasteiger partial charge in [0.1, 0.15) is 6.10 Å². The lowest BCUT2D eigenvalue weighted by atomic mass is 9.91. The number of rotatable bonds is 5. The zero-order chi connectivity index (χ0) is 16.2. The van der Waals surface area contributed by atoms with Crippen LogP contribution in [0.5, 0.6) is 0 Å². The first-order valence-corrected chi connectivity index (χ1v) is 8.14. The predicted octanol–water partition coefficient (Wildman–Crippen LogP) is 0.531. The van der Waals surface area contributed by atoms with E-state index in [1.54, 1.807) is 7.11 Å². The Bertz CT molecular complexity index is 537. The molecule has 0 spiro atoms. The fourth-order valence-corrected chi connectivity index (χ4v) is 3.26. The number of aryl methyl sites for hydroxylation is 1. The number of anilines is 1. The maximum Gasteiger partial charge on any atom is 0.249 e. The minimum absolute atomic E-state index is 0.0295. The summed E-state index contributed by atoms with van der Waals surface area (Å²) in [6.45, 7) is 4.67. The highest BCUT2D eigenvalue weighted by Gasteiger charge is 2.42. The van der Waals surface area contributed by atoms with Crippen LogP contribution in [0.4, 0.5) is 5.82 Å². The van der Waals surface area contributed by atoms with Crippen LogP contribution in [0.25, 0.3) is 0 Å². The van der Waals surface area contributed by atoms with Crippen molar-refractivity contribution >= 4 is 11.7 Å². The summed E-state index contributed by atoms with van der Waals surface area (Å²) in [7, 11) is 1.62. The van der Waals surface area contributed by atoms with Crippen LogP contribution < -0.4 is 10.2 Å². The quantitative estimate of drug-likeness (QED) is 0.798. The Morgan fingerprint density at radius 2 is 2.35 bits per heavy atom. The van der Waals surface area contributed by atoms with E-state index in [1.165, 1.54) is 0 Å². The number of piperidine rings is 1. The second-order valence-corrected chi connectivity index (χ2v) is 6.21. The molecule has 2 saturated heterocycles. The van der Waals surface area contributed by atoms with Crippen molar-refractivity contribution < 1.29 is 14.3 Å². The van der Waals surface area contributed by atoms with Crippen LogP contribution in [0, 0.1) is 12.8 Å². The van der Waals surface area contributed by atoms with E-state index in [9.17, 15) is 4.79 Å². The molecule has 1 N–H and O–H groups in total. The van der Waals surface area contributed by atoms with E-state index >= 15 is 0 Å². The highest BCUT2D eigenvalue weighted by atomic mass is 16.5. The van der Waals surface area contributed by atoms with Crippen molar-refractivity contribution in [2.24, 2.45) is 5.92 Å². The molecule has 0 unspecified atom stereocenters. The van der Waals surface area contributed by atoms with Crippen LogP contribution in [-0.4, -0.2) is 61.7 Å². The van der Waals surface area contributed by atoms with Crippen molar-refractivity contribution in [1.82, 2.24) is 15.5 Å². The maximum absolute atomic E-state index is 12.1. The van der Waals surface area contributed by atoms with Gasteiger partial charge in [-0.2, -0.15) is 5.10 Å². The van der Waals surface area contributed by atoms with E-state index in [2.05, 4.69) is 20.4 Å². The van der Waals surface area contributed by atoms with Gasteiger partial charge in [-0.05, 0) is 37.8 Å². The minimum Gasteiger partial charge on any atom is -0.383 e. The Balaban J connectivity index is 1.55. The molecule has 3 heterocycles. The van der Waals surface area contributed by atoms with Gasteiger partial charge in [0.15, 0.2) is 5.82 Å². The number of nitrogens with one attached hydrogen (secondary N) is 1. The van der Waals surface area contributed by atoms with Gasteiger partial charge in [0.25, 0.3) is 0 Å². The molecular formula is C16H24N4O3. The monoisotopic (exact) mass is 320 g/mol. The van der Waals surface area contributed by atoms with Crippen LogP contribution in [-0.2, 0) is 14.3 Å². The Hall–Kier alpha value is -1.73. The Morgan fingerprint density at radius 3 is 3.09 bits per heavy atom. The first-order chi connectivity index (χ1) is 11.2.